The van der Waals surface area contributed by atoms with Gasteiger partial charge in [-0.15, -0.1) is 10.2 Å². The zero-order valence-electron chi connectivity index (χ0n) is 13.3. The van der Waals surface area contributed by atoms with Crippen LogP contribution in [0, 0.1) is 5.92 Å². The van der Waals surface area contributed by atoms with E-state index in [-0.39, 0.29) is 17.7 Å². The Morgan fingerprint density at radius 2 is 2.04 bits per heavy atom. The first-order chi connectivity index (χ1) is 10.9. The molecular formula is C15H20BrN5OS. The van der Waals surface area contributed by atoms with Crippen molar-refractivity contribution in [2.45, 2.75) is 32.0 Å². The molecule has 0 unspecified atom stereocenters. The average molecular weight is 398 g/mol. The number of benzene rings is 1. The lowest BCUT2D eigenvalue weighted by atomic mass is 10.1. The topological polar surface area (TPSA) is 85.8 Å². The largest absolute Gasteiger partial charge is 0.353 e. The lowest BCUT2D eigenvalue weighted by Crippen LogP contribution is -2.37. The summed E-state index contributed by atoms with van der Waals surface area (Å²) >= 11 is 4.74. The molecular weight excluding hydrogens is 378 g/mol. The Bertz CT molecular complexity index is 688. The predicted molar refractivity (Wildman–Crippen MR) is 96.5 cm³/mol. The molecule has 1 atom stereocenters. The van der Waals surface area contributed by atoms with Gasteiger partial charge in [-0.05, 0) is 25.0 Å². The lowest BCUT2D eigenvalue weighted by molar-refractivity contribution is -0.119. The predicted octanol–water partition coefficient (Wildman–Crippen LogP) is 2.67. The lowest BCUT2D eigenvalue weighted by Gasteiger charge is -2.17. The second-order valence-corrected chi connectivity index (χ2v) is 7.34. The number of nitrogens with zero attached hydrogens (tertiary/aromatic N) is 3. The average Bonchev–Trinajstić information content (AvgIpc) is 2.86. The van der Waals surface area contributed by atoms with Crippen molar-refractivity contribution in [1.82, 2.24) is 20.2 Å². The van der Waals surface area contributed by atoms with Crippen LogP contribution in [-0.4, -0.2) is 32.6 Å². The maximum absolute atomic E-state index is 11.9. The number of nitrogens with one attached hydrogen (secondary N) is 1. The molecule has 0 aliphatic carbocycles. The van der Waals surface area contributed by atoms with E-state index in [1.165, 1.54) is 16.4 Å². The van der Waals surface area contributed by atoms with Gasteiger partial charge in [0.15, 0.2) is 5.82 Å². The van der Waals surface area contributed by atoms with Gasteiger partial charge in [-0.25, -0.2) is 4.68 Å². The number of amides is 1. The van der Waals surface area contributed by atoms with Gasteiger partial charge < -0.3 is 11.2 Å². The first-order valence-electron chi connectivity index (χ1n) is 7.27. The van der Waals surface area contributed by atoms with Crippen LogP contribution in [0.5, 0.6) is 0 Å². The van der Waals surface area contributed by atoms with Crippen molar-refractivity contribution in [3.05, 3.63) is 28.7 Å². The van der Waals surface area contributed by atoms with Crippen LogP contribution in [0.4, 0.5) is 0 Å². The number of aromatic nitrogens is 3. The van der Waals surface area contributed by atoms with Gasteiger partial charge in [0.25, 0.3) is 0 Å². The number of hydrogen-bond acceptors (Lipinski definition) is 5. The SMILES string of the molecule is CC(C)[C@H](C)NC(=O)CSc1nnc(-c2ccccc2Br)n1N. The Morgan fingerprint density at radius 1 is 1.35 bits per heavy atom. The number of carbonyl (C=O) groups excluding carboxylic acids is 1. The molecule has 0 bridgehead atoms. The van der Waals surface area contributed by atoms with E-state index in [1.54, 1.807) is 0 Å². The van der Waals surface area contributed by atoms with Crippen molar-refractivity contribution < 1.29 is 4.79 Å². The highest BCUT2D eigenvalue weighted by Gasteiger charge is 2.16. The second-order valence-electron chi connectivity index (χ2n) is 5.54. The van der Waals surface area contributed by atoms with Crippen LogP contribution in [0.2, 0.25) is 0 Å². The molecule has 0 saturated carbocycles. The zero-order valence-corrected chi connectivity index (χ0v) is 15.7. The van der Waals surface area contributed by atoms with Gasteiger partial charge >= 0.3 is 0 Å². The Morgan fingerprint density at radius 3 is 2.70 bits per heavy atom. The fourth-order valence-corrected chi connectivity index (χ4v) is 2.92. The smallest absolute Gasteiger partial charge is 0.230 e. The third kappa shape index (κ3) is 4.48. The second kappa shape index (κ2) is 7.83. The first kappa shape index (κ1) is 17.8. The first-order valence-corrected chi connectivity index (χ1v) is 9.05. The van der Waals surface area contributed by atoms with E-state index < -0.39 is 0 Å². The Hall–Kier alpha value is -1.54. The van der Waals surface area contributed by atoms with Crippen LogP contribution in [0.25, 0.3) is 11.4 Å². The number of carbonyl (C=O) groups is 1. The number of rotatable bonds is 6. The van der Waals surface area contributed by atoms with Gasteiger partial charge in [0.1, 0.15) is 0 Å². The maximum atomic E-state index is 11.9. The Labute approximate surface area is 148 Å². The van der Waals surface area contributed by atoms with Crippen LogP contribution in [0.3, 0.4) is 0 Å². The molecule has 0 radical (unpaired) electrons. The Kier molecular flexibility index (Phi) is 6.06. The minimum atomic E-state index is -0.0401. The minimum Gasteiger partial charge on any atom is -0.353 e. The standard InChI is InChI=1S/C15H20BrN5OS/c1-9(2)10(3)18-13(22)8-23-15-20-19-14(21(15)17)11-6-4-5-7-12(11)16/h4-7,9-10H,8,17H2,1-3H3,(H,18,22)/t10-/m0/s1. The van der Waals surface area contributed by atoms with Gasteiger partial charge in [0.2, 0.25) is 11.1 Å². The van der Waals surface area contributed by atoms with Crippen molar-refractivity contribution in [2.24, 2.45) is 5.92 Å². The summed E-state index contributed by atoms with van der Waals surface area (Å²) in [6, 6.07) is 7.78. The van der Waals surface area contributed by atoms with E-state index in [4.69, 9.17) is 5.84 Å². The molecule has 3 N–H and O–H groups in total. The summed E-state index contributed by atoms with van der Waals surface area (Å²) in [4.78, 5) is 11.9. The van der Waals surface area contributed by atoms with Crippen LogP contribution in [0.1, 0.15) is 20.8 Å². The highest BCUT2D eigenvalue weighted by atomic mass is 79.9. The molecule has 1 heterocycles. The highest BCUT2D eigenvalue weighted by molar-refractivity contribution is 9.10. The van der Waals surface area contributed by atoms with Gasteiger partial charge in [-0.1, -0.05) is 53.7 Å². The van der Waals surface area contributed by atoms with Crippen LogP contribution in [-0.2, 0) is 4.79 Å². The molecule has 8 heteroatoms. The Balaban J connectivity index is 2.03. The number of halogens is 1. The summed E-state index contributed by atoms with van der Waals surface area (Å²) in [5, 5.41) is 11.6. The molecule has 1 aromatic carbocycles. The van der Waals surface area contributed by atoms with Gasteiger partial charge in [0, 0.05) is 16.1 Å². The zero-order chi connectivity index (χ0) is 17.0. The van der Waals surface area contributed by atoms with Crippen molar-refractivity contribution in [1.29, 1.82) is 0 Å². The molecule has 0 aliphatic rings. The molecule has 6 nitrogen and oxygen atoms in total. The van der Waals surface area contributed by atoms with Crippen molar-refractivity contribution in [2.75, 3.05) is 11.6 Å². The van der Waals surface area contributed by atoms with Gasteiger partial charge in [-0.3, -0.25) is 4.79 Å². The molecule has 2 aromatic rings. The van der Waals surface area contributed by atoms with Gasteiger partial charge in [0.05, 0.1) is 5.75 Å². The van der Waals surface area contributed by atoms with Crippen LogP contribution in [0.15, 0.2) is 33.9 Å². The van der Waals surface area contributed by atoms with E-state index in [1.807, 2.05) is 31.2 Å². The summed E-state index contributed by atoms with van der Waals surface area (Å²) in [5.74, 6) is 7.21. The molecule has 1 aromatic heterocycles. The maximum Gasteiger partial charge on any atom is 0.230 e. The van der Waals surface area contributed by atoms with E-state index in [0.29, 0.717) is 16.9 Å². The van der Waals surface area contributed by atoms with Crippen molar-refractivity contribution in [3.63, 3.8) is 0 Å². The van der Waals surface area contributed by atoms with Crippen molar-refractivity contribution >= 4 is 33.6 Å². The minimum absolute atomic E-state index is 0.0401. The number of nitrogens with two attached hydrogens (primary N) is 1. The number of nitrogen functional groups attached to an aromatic ring is 1. The molecule has 23 heavy (non-hydrogen) atoms. The number of thioether (sulfide) groups is 1. The molecule has 0 saturated heterocycles. The summed E-state index contributed by atoms with van der Waals surface area (Å²) < 4.78 is 2.29. The third-order valence-electron chi connectivity index (χ3n) is 3.50. The molecule has 0 aliphatic heterocycles. The molecule has 0 fully saturated rings. The van der Waals surface area contributed by atoms with Crippen LogP contribution < -0.4 is 11.2 Å². The normalized spacial score (nSPS) is 12.4. The van der Waals surface area contributed by atoms with E-state index >= 15 is 0 Å². The van der Waals surface area contributed by atoms with E-state index in [9.17, 15) is 4.79 Å². The highest BCUT2D eigenvalue weighted by Crippen LogP contribution is 2.27. The molecule has 0 spiro atoms. The third-order valence-corrected chi connectivity index (χ3v) is 5.13. The van der Waals surface area contributed by atoms with E-state index in [0.717, 1.165) is 10.0 Å². The van der Waals surface area contributed by atoms with Gasteiger partial charge in [-0.2, -0.15) is 0 Å². The summed E-state index contributed by atoms with van der Waals surface area (Å²) in [6.07, 6.45) is 0. The van der Waals surface area contributed by atoms with Crippen molar-refractivity contribution in [3.8, 4) is 11.4 Å². The van der Waals surface area contributed by atoms with Crippen LogP contribution >= 0.6 is 27.7 Å². The quantitative estimate of drug-likeness (QED) is 0.577. The monoisotopic (exact) mass is 397 g/mol. The summed E-state index contributed by atoms with van der Waals surface area (Å²) in [7, 11) is 0. The summed E-state index contributed by atoms with van der Waals surface area (Å²) in [5.41, 5.74) is 0.854. The molecule has 2 rings (SSSR count). The molecule has 124 valence electrons. The fourth-order valence-electron chi connectivity index (χ4n) is 1.79. The number of hydrogen-bond donors (Lipinski definition) is 2. The fraction of sp³-hybridized carbons (Fsp3) is 0.400. The summed E-state index contributed by atoms with van der Waals surface area (Å²) in [6.45, 7) is 6.13. The molecule has 1 amide bonds. The van der Waals surface area contributed by atoms with E-state index in [2.05, 4.69) is 45.3 Å².